The number of nitrogens with one attached hydrogen (secondary N) is 1. The predicted octanol–water partition coefficient (Wildman–Crippen LogP) is 2.20. The lowest BCUT2D eigenvalue weighted by Crippen LogP contribution is -2.15. The molecule has 0 aliphatic carbocycles. The summed E-state index contributed by atoms with van der Waals surface area (Å²) in [6.07, 6.45) is 7.53. The van der Waals surface area contributed by atoms with E-state index in [2.05, 4.69) is 15.3 Å². The van der Waals surface area contributed by atoms with Gasteiger partial charge >= 0.3 is 0 Å². The Bertz CT molecular complexity index is 353. The van der Waals surface area contributed by atoms with Crippen molar-refractivity contribution in [3.8, 4) is 0 Å². The minimum atomic E-state index is -0.169. The molecule has 1 aromatic rings. The number of rotatable bonds is 1. The van der Waals surface area contributed by atoms with Gasteiger partial charge in [-0.05, 0) is 12.3 Å². The summed E-state index contributed by atoms with van der Waals surface area (Å²) in [7, 11) is 0. The van der Waals surface area contributed by atoms with Gasteiger partial charge in [0.25, 0.3) is 0 Å². The molecule has 0 fully saturated rings. The van der Waals surface area contributed by atoms with E-state index in [9.17, 15) is 0 Å². The van der Waals surface area contributed by atoms with Crippen molar-refractivity contribution in [2.45, 2.75) is 10.7 Å². The molecule has 1 aliphatic rings. The third kappa shape index (κ3) is 1.78. The summed E-state index contributed by atoms with van der Waals surface area (Å²) in [4.78, 5) is 8.44. The van der Waals surface area contributed by atoms with E-state index in [0.717, 1.165) is 16.5 Å². The second-order valence-electron chi connectivity index (χ2n) is 2.57. The summed E-state index contributed by atoms with van der Waals surface area (Å²) in [6, 6.07) is 0. The zero-order chi connectivity index (χ0) is 9.26. The van der Waals surface area contributed by atoms with Crippen LogP contribution in [0.25, 0.3) is 6.08 Å². The SMILES string of the molecule is CSc1ncc2c(n1)NC(Cl)C=C2. The van der Waals surface area contributed by atoms with E-state index >= 15 is 0 Å². The van der Waals surface area contributed by atoms with Crippen molar-refractivity contribution >= 4 is 35.3 Å². The summed E-state index contributed by atoms with van der Waals surface area (Å²) < 4.78 is 0. The van der Waals surface area contributed by atoms with Crippen molar-refractivity contribution in [2.24, 2.45) is 0 Å². The van der Waals surface area contributed by atoms with Gasteiger partial charge in [-0.25, -0.2) is 9.97 Å². The fourth-order valence-electron chi connectivity index (χ4n) is 1.08. The number of hydrogen-bond acceptors (Lipinski definition) is 4. The third-order valence-corrected chi connectivity index (χ3v) is 2.51. The van der Waals surface area contributed by atoms with Crippen LogP contribution in [0.2, 0.25) is 0 Å². The van der Waals surface area contributed by atoms with E-state index in [0.29, 0.717) is 0 Å². The fourth-order valence-corrected chi connectivity index (χ4v) is 1.59. The lowest BCUT2D eigenvalue weighted by Gasteiger charge is -2.15. The molecule has 0 bridgehead atoms. The van der Waals surface area contributed by atoms with Crippen molar-refractivity contribution in [3.63, 3.8) is 0 Å². The van der Waals surface area contributed by atoms with Crippen molar-refractivity contribution in [2.75, 3.05) is 11.6 Å². The average Bonchev–Trinajstić information content (AvgIpc) is 2.16. The van der Waals surface area contributed by atoms with Crippen molar-refractivity contribution in [1.82, 2.24) is 9.97 Å². The van der Waals surface area contributed by atoms with E-state index < -0.39 is 0 Å². The van der Waals surface area contributed by atoms with Crippen LogP contribution in [0.1, 0.15) is 5.56 Å². The second kappa shape index (κ2) is 3.55. The normalized spacial score (nSPS) is 19.4. The van der Waals surface area contributed by atoms with Crippen LogP contribution in [0, 0.1) is 0 Å². The first-order valence-electron chi connectivity index (χ1n) is 3.79. The Kier molecular flexibility index (Phi) is 2.42. The van der Waals surface area contributed by atoms with Gasteiger partial charge in [0.05, 0.1) is 0 Å². The van der Waals surface area contributed by atoms with Crippen molar-refractivity contribution < 1.29 is 0 Å². The highest BCUT2D eigenvalue weighted by Crippen LogP contribution is 2.23. The zero-order valence-electron chi connectivity index (χ0n) is 6.99. The number of anilines is 1. The lowest BCUT2D eigenvalue weighted by molar-refractivity contribution is 0.952. The molecule has 68 valence electrons. The summed E-state index contributed by atoms with van der Waals surface area (Å²) >= 11 is 7.39. The summed E-state index contributed by atoms with van der Waals surface area (Å²) in [5.74, 6) is 0.807. The first-order valence-corrected chi connectivity index (χ1v) is 5.45. The Balaban J connectivity index is 2.40. The topological polar surface area (TPSA) is 37.8 Å². The minimum Gasteiger partial charge on any atom is -0.350 e. The maximum Gasteiger partial charge on any atom is 0.189 e. The van der Waals surface area contributed by atoms with Crippen LogP contribution in [0.15, 0.2) is 17.4 Å². The molecular formula is C8H8ClN3S. The van der Waals surface area contributed by atoms with Crippen LogP contribution in [0.5, 0.6) is 0 Å². The van der Waals surface area contributed by atoms with Gasteiger partial charge in [0.1, 0.15) is 11.3 Å². The van der Waals surface area contributed by atoms with Gasteiger partial charge in [0.15, 0.2) is 5.16 Å². The van der Waals surface area contributed by atoms with Crippen LogP contribution in [-0.2, 0) is 0 Å². The van der Waals surface area contributed by atoms with E-state index in [4.69, 9.17) is 11.6 Å². The van der Waals surface area contributed by atoms with Gasteiger partial charge < -0.3 is 5.32 Å². The number of thioether (sulfide) groups is 1. The predicted molar refractivity (Wildman–Crippen MR) is 56.1 cm³/mol. The highest BCUT2D eigenvalue weighted by molar-refractivity contribution is 7.98. The summed E-state index contributed by atoms with van der Waals surface area (Å²) in [5.41, 5.74) is 0.812. The van der Waals surface area contributed by atoms with E-state index in [1.54, 1.807) is 6.20 Å². The van der Waals surface area contributed by atoms with Gasteiger partial charge in [0, 0.05) is 11.8 Å². The fraction of sp³-hybridized carbons (Fsp3) is 0.250. The molecule has 3 nitrogen and oxygen atoms in total. The number of fused-ring (bicyclic) bond motifs is 1. The van der Waals surface area contributed by atoms with Gasteiger partial charge in [-0.15, -0.1) is 0 Å². The summed E-state index contributed by atoms with van der Waals surface area (Å²) in [6.45, 7) is 0. The molecule has 0 radical (unpaired) electrons. The van der Waals surface area contributed by atoms with Crippen molar-refractivity contribution in [3.05, 3.63) is 17.8 Å². The van der Waals surface area contributed by atoms with Gasteiger partial charge in [0.2, 0.25) is 0 Å². The minimum absolute atomic E-state index is 0.169. The quantitative estimate of drug-likeness (QED) is 0.336. The molecule has 0 saturated carbocycles. The number of hydrogen-bond donors (Lipinski definition) is 1. The standard InChI is InChI=1S/C8H8ClN3S/c1-13-8-10-4-5-2-3-6(9)11-7(5)12-8/h2-4,6H,1H3,(H,10,11,12). The molecule has 5 heteroatoms. The van der Waals surface area contributed by atoms with Crippen LogP contribution in [-0.4, -0.2) is 21.7 Å². The summed E-state index contributed by atoms with van der Waals surface area (Å²) in [5, 5.41) is 3.80. The molecule has 0 spiro atoms. The highest BCUT2D eigenvalue weighted by atomic mass is 35.5. The van der Waals surface area contributed by atoms with Crippen LogP contribution in [0.3, 0.4) is 0 Å². The smallest absolute Gasteiger partial charge is 0.189 e. The molecule has 1 aromatic heterocycles. The number of aromatic nitrogens is 2. The molecule has 1 N–H and O–H groups in total. The van der Waals surface area contributed by atoms with E-state index in [1.165, 1.54) is 11.8 Å². The van der Waals surface area contributed by atoms with E-state index in [1.807, 2.05) is 18.4 Å². The second-order valence-corrected chi connectivity index (χ2v) is 3.81. The molecular weight excluding hydrogens is 206 g/mol. The highest BCUT2D eigenvalue weighted by Gasteiger charge is 2.11. The van der Waals surface area contributed by atoms with Crippen LogP contribution in [0.4, 0.5) is 5.82 Å². The maximum absolute atomic E-state index is 5.87. The van der Waals surface area contributed by atoms with E-state index in [-0.39, 0.29) is 5.50 Å². The molecule has 1 unspecified atom stereocenters. The monoisotopic (exact) mass is 213 g/mol. The largest absolute Gasteiger partial charge is 0.350 e. The third-order valence-electron chi connectivity index (χ3n) is 1.70. The Labute approximate surface area is 85.6 Å². The van der Waals surface area contributed by atoms with Crippen LogP contribution < -0.4 is 5.32 Å². The molecule has 2 heterocycles. The van der Waals surface area contributed by atoms with Gasteiger partial charge in [-0.1, -0.05) is 29.4 Å². The molecule has 1 aliphatic heterocycles. The van der Waals surface area contributed by atoms with Crippen molar-refractivity contribution in [1.29, 1.82) is 0 Å². The molecule has 0 aromatic carbocycles. The number of halogens is 1. The van der Waals surface area contributed by atoms with Crippen LogP contribution >= 0.6 is 23.4 Å². The number of nitrogens with zero attached hydrogens (tertiary/aromatic N) is 2. The Hall–Kier alpha value is -0.740. The first-order chi connectivity index (χ1) is 6.29. The molecule has 0 amide bonds. The molecule has 1 atom stereocenters. The zero-order valence-corrected chi connectivity index (χ0v) is 8.56. The maximum atomic E-state index is 5.87. The first kappa shape index (κ1) is 8.84. The molecule has 13 heavy (non-hydrogen) atoms. The average molecular weight is 214 g/mol. The molecule has 0 saturated heterocycles. The Morgan fingerprint density at radius 2 is 2.46 bits per heavy atom. The Morgan fingerprint density at radius 3 is 3.23 bits per heavy atom. The van der Waals surface area contributed by atoms with Gasteiger partial charge in [-0.2, -0.15) is 0 Å². The van der Waals surface area contributed by atoms with Gasteiger partial charge in [-0.3, -0.25) is 0 Å². The molecule has 2 rings (SSSR count). The lowest BCUT2D eigenvalue weighted by atomic mass is 10.2. The number of alkyl halides is 1. The Morgan fingerprint density at radius 1 is 1.62 bits per heavy atom.